The van der Waals surface area contributed by atoms with E-state index in [-0.39, 0.29) is 5.71 Å². The predicted molar refractivity (Wildman–Crippen MR) is 58.0 cm³/mol. The number of benzene rings is 1. The molecule has 0 unspecified atom stereocenters. The van der Waals surface area contributed by atoms with Gasteiger partial charge in [0.05, 0.1) is 7.11 Å². The lowest BCUT2D eigenvalue weighted by Crippen LogP contribution is -2.15. The van der Waals surface area contributed by atoms with E-state index in [1.54, 1.807) is 12.1 Å². The summed E-state index contributed by atoms with van der Waals surface area (Å²) >= 11 is 2.16. The highest BCUT2D eigenvalue weighted by Crippen LogP contribution is 2.07. The van der Waals surface area contributed by atoms with Crippen LogP contribution in [0.2, 0.25) is 0 Å². The number of esters is 1. The zero-order valence-electron chi connectivity index (χ0n) is 7.00. The molecule has 0 aliphatic carbocycles. The van der Waals surface area contributed by atoms with Crippen LogP contribution in [0.1, 0.15) is 5.56 Å². The quantitative estimate of drug-likeness (QED) is 0.513. The summed E-state index contributed by atoms with van der Waals surface area (Å²) in [6, 6.07) is 7.13. The van der Waals surface area contributed by atoms with Crippen LogP contribution in [-0.2, 0) is 9.53 Å². The van der Waals surface area contributed by atoms with Crippen molar-refractivity contribution in [2.75, 3.05) is 7.11 Å². The maximum Gasteiger partial charge on any atom is 0.356 e. The van der Waals surface area contributed by atoms with Crippen molar-refractivity contribution in [2.24, 2.45) is 0 Å². The van der Waals surface area contributed by atoms with Crippen molar-refractivity contribution in [2.45, 2.75) is 0 Å². The van der Waals surface area contributed by atoms with Crippen LogP contribution in [0.15, 0.2) is 24.3 Å². The fraction of sp³-hybridized carbons (Fsp3) is 0.111. The highest BCUT2D eigenvalue weighted by molar-refractivity contribution is 14.1. The van der Waals surface area contributed by atoms with Crippen molar-refractivity contribution < 1.29 is 9.53 Å². The molecule has 0 saturated heterocycles. The van der Waals surface area contributed by atoms with Crippen molar-refractivity contribution in [3.63, 3.8) is 0 Å². The molecule has 0 heterocycles. The first-order chi connectivity index (χ1) is 6.15. The van der Waals surface area contributed by atoms with E-state index in [9.17, 15) is 4.79 Å². The molecule has 1 N–H and O–H groups in total. The molecule has 0 radical (unpaired) electrons. The van der Waals surface area contributed by atoms with E-state index in [1.807, 2.05) is 12.1 Å². The summed E-state index contributed by atoms with van der Waals surface area (Å²) in [5.74, 6) is -0.610. The molecule has 13 heavy (non-hydrogen) atoms. The Morgan fingerprint density at radius 3 is 2.38 bits per heavy atom. The van der Waals surface area contributed by atoms with Crippen LogP contribution >= 0.6 is 22.6 Å². The number of carbonyl (C=O) groups excluding carboxylic acids is 1. The van der Waals surface area contributed by atoms with Crippen molar-refractivity contribution in [3.05, 3.63) is 33.4 Å². The number of nitrogens with one attached hydrogen (secondary N) is 1. The molecule has 3 nitrogen and oxygen atoms in total. The third kappa shape index (κ3) is 2.51. The third-order valence-electron chi connectivity index (χ3n) is 1.52. The molecular weight excluding hydrogens is 281 g/mol. The number of ether oxygens (including phenoxy) is 1. The maximum atomic E-state index is 10.9. The van der Waals surface area contributed by atoms with E-state index < -0.39 is 5.97 Å². The highest BCUT2D eigenvalue weighted by Gasteiger charge is 2.10. The van der Waals surface area contributed by atoms with Gasteiger partial charge in [0.25, 0.3) is 0 Å². The van der Waals surface area contributed by atoms with E-state index in [1.165, 1.54) is 7.11 Å². The van der Waals surface area contributed by atoms with Crippen LogP contribution in [-0.4, -0.2) is 18.8 Å². The summed E-state index contributed by atoms with van der Waals surface area (Å²) in [5, 5.41) is 7.43. The van der Waals surface area contributed by atoms with Crippen LogP contribution in [0.5, 0.6) is 0 Å². The first kappa shape index (κ1) is 10.2. The minimum absolute atomic E-state index is 0.112. The van der Waals surface area contributed by atoms with Crippen LogP contribution in [0.3, 0.4) is 0 Å². The zero-order chi connectivity index (χ0) is 9.84. The zero-order valence-corrected chi connectivity index (χ0v) is 9.16. The number of carbonyl (C=O) groups is 1. The van der Waals surface area contributed by atoms with E-state index in [4.69, 9.17) is 5.41 Å². The molecule has 0 aliphatic heterocycles. The molecule has 0 aliphatic rings. The van der Waals surface area contributed by atoms with Gasteiger partial charge in [-0.1, -0.05) is 12.1 Å². The lowest BCUT2D eigenvalue weighted by molar-refractivity contribution is -0.132. The fourth-order valence-electron chi connectivity index (χ4n) is 0.836. The predicted octanol–water partition coefficient (Wildman–Crippen LogP) is 1.83. The number of halogens is 1. The van der Waals surface area contributed by atoms with Gasteiger partial charge >= 0.3 is 5.97 Å². The Hall–Kier alpha value is -0.910. The van der Waals surface area contributed by atoms with Gasteiger partial charge in [-0.3, -0.25) is 5.41 Å². The number of hydrogen-bond acceptors (Lipinski definition) is 3. The molecule has 68 valence electrons. The molecule has 0 atom stereocenters. The summed E-state index contributed by atoms with van der Waals surface area (Å²) < 4.78 is 5.50. The van der Waals surface area contributed by atoms with E-state index >= 15 is 0 Å². The first-order valence-corrected chi connectivity index (χ1v) is 4.66. The van der Waals surface area contributed by atoms with Gasteiger partial charge in [0, 0.05) is 9.13 Å². The Bertz CT molecular complexity index is 332. The summed E-state index contributed by atoms with van der Waals surface area (Å²) in [7, 11) is 1.27. The van der Waals surface area contributed by atoms with Gasteiger partial charge in [0.1, 0.15) is 5.71 Å². The SMILES string of the molecule is COC(=O)C(=N)c1ccc(I)cc1. The molecule has 0 spiro atoms. The second-order valence-electron chi connectivity index (χ2n) is 2.37. The number of rotatable bonds is 2. The minimum atomic E-state index is -0.610. The van der Waals surface area contributed by atoms with Crippen LogP contribution in [0.4, 0.5) is 0 Å². The molecule has 0 fully saturated rings. The Morgan fingerprint density at radius 2 is 1.92 bits per heavy atom. The molecule has 0 aromatic heterocycles. The van der Waals surface area contributed by atoms with E-state index in [2.05, 4.69) is 27.3 Å². The van der Waals surface area contributed by atoms with Crippen molar-refractivity contribution in [1.29, 1.82) is 5.41 Å². The molecule has 0 saturated carbocycles. The summed E-state index contributed by atoms with van der Waals surface area (Å²) in [5.41, 5.74) is 0.464. The molecule has 1 aromatic rings. The molecular formula is C9H8INO2. The van der Waals surface area contributed by atoms with Crippen molar-refractivity contribution >= 4 is 34.3 Å². The van der Waals surface area contributed by atoms with Crippen LogP contribution < -0.4 is 0 Å². The highest BCUT2D eigenvalue weighted by atomic mass is 127. The smallest absolute Gasteiger partial charge is 0.356 e. The Balaban J connectivity index is 2.90. The normalized spacial score (nSPS) is 9.38. The van der Waals surface area contributed by atoms with Gasteiger partial charge in [-0.25, -0.2) is 4.79 Å². The molecule has 0 amide bonds. The van der Waals surface area contributed by atoms with Gasteiger partial charge in [-0.05, 0) is 34.7 Å². The van der Waals surface area contributed by atoms with Crippen molar-refractivity contribution in [3.8, 4) is 0 Å². The van der Waals surface area contributed by atoms with Gasteiger partial charge in [-0.2, -0.15) is 0 Å². The summed E-state index contributed by atoms with van der Waals surface area (Å²) in [4.78, 5) is 10.9. The van der Waals surface area contributed by atoms with Crippen LogP contribution in [0.25, 0.3) is 0 Å². The third-order valence-corrected chi connectivity index (χ3v) is 2.24. The molecule has 1 rings (SSSR count). The fourth-order valence-corrected chi connectivity index (χ4v) is 1.20. The lowest BCUT2D eigenvalue weighted by Gasteiger charge is -2.01. The van der Waals surface area contributed by atoms with E-state index in [0.29, 0.717) is 5.56 Å². The number of methoxy groups -OCH3 is 1. The Kier molecular flexibility index (Phi) is 3.41. The number of hydrogen-bond donors (Lipinski definition) is 1. The second-order valence-corrected chi connectivity index (χ2v) is 3.62. The molecule has 0 bridgehead atoms. The Morgan fingerprint density at radius 1 is 1.38 bits per heavy atom. The molecule has 4 heteroatoms. The van der Waals surface area contributed by atoms with Gasteiger partial charge in [0.2, 0.25) is 0 Å². The topological polar surface area (TPSA) is 50.2 Å². The summed E-state index contributed by atoms with van der Waals surface area (Å²) in [6.07, 6.45) is 0. The van der Waals surface area contributed by atoms with Gasteiger partial charge < -0.3 is 4.74 Å². The maximum absolute atomic E-state index is 10.9. The lowest BCUT2D eigenvalue weighted by atomic mass is 10.1. The average Bonchev–Trinajstić information content (AvgIpc) is 2.17. The average molecular weight is 289 g/mol. The summed E-state index contributed by atoms with van der Waals surface area (Å²) in [6.45, 7) is 0. The van der Waals surface area contributed by atoms with Crippen molar-refractivity contribution in [1.82, 2.24) is 0 Å². The molecule has 1 aromatic carbocycles. The standard InChI is InChI=1S/C9H8INO2/c1-13-9(12)8(11)6-2-4-7(10)5-3-6/h2-5,11H,1H3. The second kappa shape index (κ2) is 4.36. The van der Waals surface area contributed by atoms with E-state index in [0.717, 1.165) is 3.57 Å². The Labute approximate surface area is 89.7 Å². The monoisotopic (exact) mass is 289 g/mol. The first-order valence-electron chi connectivity index (χ1n) is 3.58. The largest absolute Gasteiger partial charge is 0.464 e. The minimum Gasteiger partial charge on any atom is -0.464 e. The van der Waals surface area contributed by atoms with Crippen LogP contribution in [0, 0.1) is 8.98 Å². The van der Waals surface area contributed by atoms with Gasteiger partial charge in [-0.15, -0.1) is 0 Å². The van der Waals surface area contributed by atoms with Gasteiger partial charge in [0.15, 0.2) is 0 Å².